The van der Waals surface area contributed by atoms with Crippen LogP contribution in [0.4, 0.5) is 0 Å². The molecule has 0 bridgehead atoms. The first-order valence-electron chi connectivity index (χ1n) is 3.38. The lowest BCUT2D eigenvalue weighted by Gasteiger charge is -1.90. The number of thioether (sulfide) groups is 1. The minimum absolute atomic E-state index is 0.528. The van der Waals surface area contributed by atoms with Crippen LogP contribution in [0.2, 0.25) is 0 Å². The van der Waals surface area contributed by atoms with E-state index in [1.54, 1.807) is 23.1 Å². The number of hydrogen-bond acceptors (Lipinski definition) is 4. The summed E-state index contributed by atoms with van der Waals surface area (Å²) in [6, 6.07) is 0. The summed E-state index contributed by atoms with van der Waals surface area (Å²) in [5.41, 5.74) is 9.05. The second-order valence-corrected chi connectivity index (χ2v) is 4.26. The number of nitrogens with zero attached hydrogens (tertiary/aromatic N) is 4. The molecule has 0 radical (unpaired) electrons. The van der Waals surface area contributed by atoms with Crippen molar-refractivity contribution in [3.05, 3.63) is 21.5 Å². The van der Waals surface area contributed by atoms with Gasteiger partial charge in [-0.25, -0.2) is 4.98 Å². The Balaban J connectivity index is 2.28. The zero-order chi connectivity index (χ0) is 8.81. The van der Waals surface area contributed by atoms with Crippen LogP contribution in [0.1, 0.15) is 5.69 Å². The lowest BCUT2D eigenvalue weighted by molar-refractivity contribution is 1.11. The predicted molar refractivity (Wildman–Crippen MR) is 51.6 cm³/mol. The van der Waals surface area contributed by atoms with E-state index in [0.29, 0.717) is 6.54 Å². The maximum Gasteiger partial charge on any atom is 0.150 e. The highest BCUT2D eigenvalue weighted by Gasteiger charge is 1.97. The predicted octanol–water partition coefficient (Wildman–Crippen LogP) is 2.85. The molecule has 0 aliphatic carbocycles. The number of hydrogen-bond donors (Lipinski definition) is 0. The van der Waals surface area contributed by atoms with Gasteiger partial charge in [-0.05, 0) is 12.5 Å². The van der Waals surface area contributed by atoms with E-state index < -0.39 is 0 Å². The molecule has 1 aromatic rings. The first-order chi connectivity index (χ1) is 5.83. The van der Waals surface area contributed by atoms with Gasteiger partial charge in [0, 0.05) is 28.3 Å². The third-order valence-electron chi connectivity index (χ3n) is 1.08. The van der Waals surface area contributed by atoms with Crippen molar-refractivity contribution in [2.45, 2.75) is 11.3 Å². The highest BCUT2D eigenvalue weighted by atomic mass is 32.2. The SMILES string of the molecule is Cc1csc(SCCN=[N+]=[N-])n1. The molecule has 0 saturated heterocycles. The van der Waals surface area contributed by atoms with Crippen molar-refractivity contribution in [1.82, 2.24) is 4.98 Å². The molecule has 12 heavy (non-hydrogen) atoms. The van der Waals surface area contributed by atoms with Gasteiger partial charge in [-0.3, -0.25) is 0 Å². The molecular formula is C6H8N4S2. The van der Waals surface area contributed by atoms with Crippen LogP contribution in [0.15, 0.2) is 14.8 Å². The van der Waals surface area contributed by atoms with E-state index in [4.69, 9.17) is 5.53 Å². The summed E-state index contributed by atoms with van der Waals surface area (Å²) in [5.74, 6) is 0.803. The molecule has 4 nitrogen and oxygen atoms in total. The smallest absolute Gasteiger partial charge is 0.150 e. The summed E-state index contributed by atoms with van der Waals surface area (Å²) < 4.78 is 1.04. The molecule has 0 spiro atoms. The van der Waals surface area contributed by atoms with Crippen LogP contribution in [0, 0.1) is 6.92 Å². The summed E-state index contributed by atoms with van der Waals surface area (Å²) >= 11 is 3.25. The molecule has 0 fully saturated rings. The maximum absolute atomic E-state index is 8.00. The van der Waals surface area contributed by atoms with Crippen molar-refractivity contribution in [1.29, 1.82) is 0 Å². The molecule has 0 unspecified atom stereocenters. The molecule has 0 saturated carbocycles. The fourth-order valence-electron chi connectivity index (χ4n) is 0.617. The minimum Gasteiger partial charge on any atom is -0.235 e. The number of aryl methyl sites for hydroxylation is 1. The minimum atomic E-state index is 0.528. The van der Waals surface area contributed by atoms with Gasteiger partial charge >= 0.3 is 0 Å². The summed E-state index contributed by atoms with van der Waals surface area (Å²) in [7, 11) is 0. The van der Waals surface area contributed by atoms with Crippen LogP contribution in [0.25, 0.3) is 10.4 Å². The normalized spacial score (nSPS) is 9.42. The van der Waals surface area contributed by atoms with E-state index in [0.717, 1.165) is 15.8 Å². The Labute approximate surface area is 78.6 Å². The maximum atomic E-state index is 8.00. The van der Waals surface area contributed by atoms with Gasteiger partial charge in [0.1, 0.15) is 4.34 Å². The molecule has 0 atom stereocenters. The molecule has 0 aliphatic heterocycles. The van der Waals surface area contributed by atoms with Gasteiger partial charge < -0.3 is 0 Å². The van der Waals surface area contributed by atoms with Gasteiger partial charge in [0.2, 0.25) is 0 Å². The number of thiazole rings is 1. The molecule has 6 heteroatoms. The van der Waals surface area contributed by atoms with E-state index in [9.17, 15) is 0 Å². The van der Waals surface area contributed by atoms with Crippen LogP contribution in [0.5, 0.6) is 0 Å². The fraction of sp³-hybridized carbons (Fsp3) is 0.500. The number of azide groups is 1. The molecule has 1 aromatic heterocycles. The first-order valence-corrected chi connectivity index (χ1v) is 5.25. The van der Waals surface area contributed by atoms with E-state index in [-0.39, 0.29) is 0 Å². The molecule has 1 heterocycles. The zero-order valence-corrected chi connectivity index (χ0v) is 8.23. The lowest BCUT2D eigenvalue weighted by Crippen LogP contribution is -1.82. The Morgan fingerprint density at radius 1 is 1.83 bits per heavy atom. The van der Waals surface area contributed by atoms with E-state index >= 15 is 0 Å². The summed E-state index contributed by atoms with van der Waals surface area (Å²) in [5, 5.41) is 5.44. The average molecular weight is 200 g/mol. The van der Waals surface area contributed by atoms with E-state index in [2.05, 4.69) is 15.0 Å². The second-order valence-electron chi connectivity index (χ2n) is 2.06. The van der Waals surface area contributed by atoms with Gasteiger partial charge in [0.25, 0.3) is 0 Å². The third kappa shape index (κ3) is 3.13. The molecule has 0 aliphatic rings. The molecular weight excluding hydrogens is 192 g/mol. The van der Waals surface area contributed by atoms with Crippen molar-refractivity contribution in [3.8, 4) is 0 Å². The Hall–Kier alpha value is -0.710. The number of rotatable bonds is 4. The van der Waals surface area contributed by atoms with E-state index in [1.807, 2.05) is 12.3 Å². The Kier molecular flexibility index (Phi) is 3.93. The van der Waals surface area contributed by atoms with Gasteiger partial charge in [0.15, 0.2) is 0 Å². The standard InChI is InChI=1S/C6H8N4S2/c1-5-4-12-6(9-5)11-3-2-8-10-7/h4H,2-3H2,1H3. The Bertz CT molecular complexity index is 289. The second kappa shape index (κ2) is 5.03. The van der Waals surface area contributed by atoms with Crippen LogP contribution in [0.3, 0.4) is 0 Å². The van der Waals surface area contributed by atoms with Crippen LogP contribution < -0.4 is 0 Å². The van der Waals surface area contributed by atoms with Crippen LogP contribution in [-0.2, 0) is 0 Å². The Morgan fingerprint density at radius 2 is 2.67 bits per heavy atom. The number of aromatic nitrogens is 1. The fourth-order valence-corrected chi connectivity index (χ4v) is 2.36. The monoisotopic (exact) mass is 200 g/mol. The molecule has 64 valence electrons. The van der Waals surface area contributed by atoms with Crippen molar-refractivity contribution < 1.29 is 0 Å². The largest absolute Gasteiger partial charge is 0.235 e. The molecule has 0 aromatic carbocycles. The topological polar surface area (TPSA) is 61.7 Å². The lowest BCUT2D eigenvalue weighted by atomic mass is 10.6. The highest BCUT2D eigenvalue weighted by Crippen LogP contribution is 2.21. The van der Waals surface area contributed by atoms with Crippen molar-refractivity contribution in [3.63, 3.8) is 0 Å². The highest BCUT2D eigenvalue weighted by molar-refractivity contribution is 8.01. The molecule has 0 N–H and O–H groups in total. The first kappa shape index (κ1) is 9.38. The van der Waals surface area contributed by atoms with Gasteiger partial charge in [0.05, 0.1) is 0 Å². The zero-order valence-electron chi connectivity index (χ0n) is 6.60. The third-order valence-corrected chi connectivity index (χ3v) is 3.20. The van der Waals surface area contributed by atoms with Crippen molar-refractivity contribution >= 4 is 23.1 Å². The average Bonchev–Trinajstić information content (AvgIpc) is 2.45. The van der Waals surface area contributed by atoms with Crippen LogP contribution in [-0.4, -0.2) is 17.3 Å². The van der Waals surface area contributed by atoms with Gasteiger partial charge in [-0.1, -0.05) is 16.9 Å². The van der Waals surface area contributed by atoms with Gasteiger partial charge in [-0.15, -0.1) is 11.3 Å². The summed E-state index contributed by atoms with van der Waals surface area (Å²) in [6.07, 6.45) is 0. The molecule has 1 rings (SSSR count). The Morgan fingerprint density at radius 3 is 3.25 bits per heavy atom. The quantitative estimate of drug-likeness (QED) is 0.247. The van der Waals surface area contributed by atoms with Gasteiger partial charge in [-0.2, -0.15) is 0 Å². The summed E-state index contributed by atoms with van der Waals surface area (Å²) in [6.45, 7) is 2.49. The van der Waals surface area contributed by atoms with Crippen molar-refractivity contribution in [2.24, 2.45) is 5.11 Å². The molecule has 0 amide bonds. The summed E-state index contributed by atoms with van der Waals surface area (Å²) in [4.78, 5) is 6.92. The van der Waals surface area contributed by atoms with Crippen LogP contribution >= 0.6 is 23.1 Å². The van der Waals surface area contributed by atoms with E-state index in [1.165, 1.54) is 0 Å². The van der Waals surface area contributed by atoms with Crippen molar-refractivity contribution in [2.75, 3.05) is 12.3 Å².